The number of rotatable bonds is 3. The molecule has 2 rings (SSSR count). The van der Waals surface area contributed by atoms with E-state index in [4.69, 9.17) is 9.84 Å². The van der Waals surface area contributed by atoms with E-state index in [-0.39, 0.29) is 5.56 Å². The molecule has 1 fully saturated rings. The molecule has 0 unspecified atom stereocenters. The second kappa shape index (κ2) is 5.28. The summed E-state index contributed by atoms with van der Waals surface area (Å²) >= 11 is 0. The molecule has 124 valence electrons. The lowest BCUT2D eigenvalue weighted by atomic mass is 10.1. The van der Waals surface area contributed by atoms with Crippen LogP contribution in [-0.4, -0.2) is 64.5 Å². The summed E-state index contributed by atoms with van der Waals surface area (Å²) in [4.78, 5) is 25.3. The number of H-pyrrole nitrogens is 1. The van der Waals surface area contributed by atoms with Gasteiger partial charge in [0.2, 0.25) is 0 Å². The second-order valence-corrected chi connectivity index (χ2v) is 7.25. The van der Waals surface area contributed by atoms with Gasteiger partial charge in [-0.05, 0) is 6.92 Å². The van der Waals surface area contributed by atoms with E-state index in [1.165, 1.54) is 6.92 Å². The number of nitrogens with one attached hydrogen (secondary N) is 1. The summed E-state index contributed by atoms with van der Waals surface area (Å²) < 4.78 is 30.0. The number of aromatic nitrogens is 2. The van der Waals surface area contributed by atoms with Crippen LogP contribution in [0.4, 0.5) is 0 Å². The molecule has 4 atom stereocenters. The van der Waals surface area contributed by atoms with Crippen molar-refractivity contribution in [2.45, 2.75) is 30.3 Å². The number of hydrogen-bond donors (Lipinski definition) is 4. The van der Waals surface area contributed by atoms with Gasteiger partial charge >= 0.3 is 5.69 Å². The van der Waals surface area contributed by atoms with Crippen LogP contribution in [0.25, 0.3) is 0 Å². The predicted molar refractivity (Wildman–Crippen MR) is 72.8 cm³/mol. The number of aryl methyl sites for hydroxylation is 1. The Bertz CT molecular complexity index is 797. The SMILES string of the molecule is Cc1cn([C@]2(S(C)(=O)=O)O[C@H](CO)[C@@H](O)[C@H]2O)c(=O)[nH]c1=O. The number of sulfone groups is 1. The first kappa shape index (κ1) is 16.8. The Labute approximate surface area is 124 Å². The minimum absolute atomic E-state index is 0.000336. The topological polar surface area (TPSA) is 159 Å². The minimum Gasteiger partial charge on any atom is -0.394 e. The van der Waals surface area contributed by atoms with Crippen LogP contribution in [0.2, 0.25) is 0 Å². The summed E-state index contributed by atoms with van der Waals surface area (Å²) in [6.45, 7) is 0.554. The van der Waals surface area contributed by atoms with Gasteiger partial charge in [0.15, 0.2) is 9.84 Å². The van der Waals surface area contributed by atoms with Crippen molar-refractivity contribution in [1.82, 2.24) is 9.55 Å². The molecule has 10 nitrogen and oxygen atoms in total. The highest BCUT2D eigenvalue weighted by Gasteiger charge is 2.62. The summed E-state index contributed by atoms with van der Waals surface area (Å²) in [6.07, 6.45) is -3.57. The zero-order valence-electron chi connectivity index (χ0n) is 11.8. The molecule has 1 aliphatic heterocycles. The molecular weight excluding hydrogens is 320 g/mol. The van der Waals surface area contributed by atoms with E-state index in [0.29, 0.717) is 10.8 Å². The van der Waals surface area contributed by atoms with E-state index >= 15 is 0 Å². The van der Waals surface area contributed by atoms with Crippen molar-refractivity contribution in [3.63, 3.8) is 0 Å². The smallest absolute Gasteiger partial charge is 0.331 e. The van der Waals surface area contributed by atoms with E-state index in [9.17, 15) is 28.2 Å². The molecule has 1 saturated heterocycles. The first-order valence-electron chi connectivity index (χ1n) is 6.23. The zero-order valence-corrected chi connectivity index (χ0v) is 12.6. The Morgan fingerprint density at radius 1 is 1.41 bits per heavy atom. The maximum atomic E-state index is 12.2. The lowest BCUT2D eigenvalue weighted by Crippen LogP contribution is -2.56. The highest BCUT2D eigenvalue weighted by Crippen LogP contribution is 2.38. The number of aromatic amines is 1. The summed E-state index contributed by atoms with van der Waals surface area (Å²) in [5.74, 6) is 0. The number of hydrogen-bond acceptors (Lipinski definition) is 8. The zero-order chi connectivity index (χ0) is 16.9. The van der Waals surface area contributed by atoms with Gasteiger partial charge in [-0.2, -0.15) is 0 Å². The Balaban J connectivity index is 2.82. The molecule has 1 aromatic rings. The first-order chi connectivity index (χ1) is 10.1. The Morgan fingerprint density at radius 3 is 2.45 bits per heavy atom. The van der Waals surface area contributed by atoms with E-state index in [0.717, 1.165) is 6.20 Å². The van der Waals surface area contributed by atoms with Crippen LogP contribution < -0.4 is 11.2 Å². The highest BCUT2D eigenvalue weighted by atomic mass is 32.2. The number of aliphatic hydroxyl groups is 3. The van der Waals surface area contributed by atoms with Crippen LogP contribution >= 0.6 is 0 Å². The summed E-state index contributed by atoms with van der Waals surface area (Å²) in [5.41, 5.74) is -1.86. The molecule has 4 N–H and O–H groups in total. The van der Waals surface area contributed by atoms with E-state index in [1.54, 1.807) is 0 Å². The fourth-order valence-corrected chi connectivity index (χ4v) is 3.77. The fraction of sp³-hybridized carbons (Fsp3) is 0.636. The van der Waals surface area contributed by atoms with Gasteiger partial charge in [-0.1, -0.05) is 0 Å². The Morgan fingerprint density at radius 2 is 2.00 bits per heavy atom. The predicted octanol–water partition coefficient (Wildman–Crippen LogP) is -3.39. The van der Waals surface area contributed by atoms with Crippen LogP contribution in [0.15, 0.2) is 15.8 Å². The molecule has 0 saturated carbocycles. The van der Waals surface area contributed by atoms with Crippen molar-refractivity contribution < 1.29 is 28.5 Å². The molecule has 1 aliphatic rings. The summed E-state index contributed by atoms with van der Waals surface area (Å²) in [5, 5.41) is 26.5. The third-order valence-electron chi connectivity index (χ3n) is 3.57. The first-order valence-corrected chi connectivity index (χ1v) is 8.13. The molecule has 1 aromatic heterocycles. The van der Waals surface area contributed by atoms with Crippen molar-refractivity contribution in [1.29, 1.82) is 0 Å². The van der Waals surface area contributed by atoms with Crippen LogP contribution in [0, 0.1) is 6.92 Å². The van der Waals surface area contributed by atoms with Crippen molar-refractivity contribution in [3.8, 4) is 0 Å². The Kier molecular flexibility index (Phi) is 4.04. The lowest BCUT2D eigenvalue weighted by molar-refractivity contribution is -0.0883. The van der Waals surface area contributed by atoms with Crippen molar-refractivity contribution in [2.24, 2.45) is 0 Å². The van der Waals surface area contributed by atoms with Crippen LogP contribution in [0.1, 0.15) is 5.56 Å². The third kappa shape index (κ3) is 2.21. The van der Waals surface area contributed by atoms with E-state index < -0.39 is 51.1 Å². The van der Waals surface area contributed by atoms with Gasteiger partial charge in [0, 0.05) is 18.0 Å². The summed E-state index contributed by atoms with van der Waals surface area (Å²) in [7, 11) is -4.30. The highest BCUT2D eigenvalue weighted by molar-refractivity contribution is 7.91. The van der Waals surface area contributed by atoms with Crippen LogP contribution in [0.5, 0.6) is 0 Å². The number of aliphatic hydroxyl groups excluding tert-OH is 3. The van der Waals surface area contributed by atoms with Crippen molar-refractivity contribution >= 4 is 9.84 Å². The molecule has 0 radical (unpaired) electrons. The molecule has 2 heterocycles. The Hall–Kier alpha value is -1.53. The molecule has 0 amide bonds. The van der Waals surface area contributed by atoms with Gasteiger partial charge in [0.1, 0.15) is 18.3 Å². The number of ether oxygens (including phenoxy) is 1. The third-order valence-corrected chi connectivity index (χ3v) is 5.16. The van der Waals surface area contributed by atoms with E-state index in [1.807, 2.05) is 4.98 Å². The van der Waals surface area contributed by atoms with Crippen LogP contribution in [-0.2, 0) is 19.6 Å². The largest absolute Gasteiger partial charge is 0.394 e. The van der Waals surface area contributed by atoms with Gasteiger partial charge in [-0.25, -0.2) is 13.2 Å². The van der Waals surface area contributed by atoms with Gasteiger partial charge in [0.05, 0.1) is 6.61 Å². The lowest BCUT2D eigenvalue weighted by Gasteiger charge is -2.31. The normalized spacial score (nSPS) is 32.3. The monoisotopic (exact) mass is 336 g/mol. The molecule has 0 bridgehead atoms. The molecular formula is C11H16N2O8S. The molecule has 11 heteroatoms. The summed E-state index contributed by atoms with van der Waals surface area (Å²) in [6, 6.07) is 0. The average Bonchev–Trinajstić information content (AvgIpc) is 2.67. The molecule has 0 spiro atoms. The van der Waals surface area contributed by atoms with Crippen molar-refractivity contribution in [3.05, 3.63) is 32.6 Å². The maximum Gasteiger partial charge on any atom is 0.331 e. The average molecular weight is 336 g/mol. The van der Waals surface area contributed by atoms with Crippen LogP contribution in [0.3, 0.4) is 0 Å². The van der Waals surface area contributed by atoms with Crippen molar-refractivity contribution in [2.75, 3.05) is 12.9 Å². The maximum absolute atomic E-state index is 12.2. The van der Waals surface area contributed by atoms with Gasteiger partial charge in [-0.3, -0.25) is 14.3 Å². The number of nitrogens with zero attached hydrogens (tertiary/aromatic N) is 1. The molecule has 0 aromatic carbocycles. The van der Waals surface area contributed by atoms with Gasteiger partial charge in [-0.15, -0.1) is 0 Å². The van der Waals surface area contributed by atoms with Gasteiger partial charge in [0.25, 0.3) is 10.6 Å². The standard InChI is InChI=1S/C11H16N2O8S/c1-5-3-13(10(18)12-9(5)17)11(22(2,19)20)8(16)7(15)6(4-14)21-11/h3,6-8,14-16H,4H2,1-2H3,(H,12,17,18)/t6-,7-,8-,11+/m1/s1. The van der Waals surface area contributed by atoms with E-state index in [2.05, 4.69) is 0 Å². The fourth-order valence-electron chi connectivity index (χ4n) is 2.40. The quantitative estimate of drug-likeness (QED) is 0.445. The second-order valence-electron chi connectivity index (χ2n) is 5.12. The molecule has 22 heavy (non-hydrogen) atoms. The minimum atomic E-state index is -4.30. The molecule has 0 aliphatic carbocycles. The van der Waals surface area contributed by atoms with Gasteiger partial charge < -0.3 is 20.1 Å².